The van der Waals surface area contributed by atoms with Gasteiger partial charge in [0.05, 0.1) is 0 Å². The van der Waals surface area contributed by atoms with Gasteiger partial charge in [-0.1, -0.05) is 54.9 Å². The number of nitrogens with two attached hydrogens (primary N) is 1. The number of carbonyl (C=O) groups is 1. The molecule has 0 saturated carbocycles. The zero-order chi connectivity index (χ0) is 14.3. The number of Topliss-reactive ketones (excluding diaryl/α,β-unsaturated/α-hetero) is 1. The molecule has 0 unspecified atom stereocenters. The minimum Gasteiger partial charge on any atom is -0.330 e. The zero-order valence-corrected chi connectivity index (χ0v) is 13.2. The lowest BCUT2D eigenvalue weighted by Gasteiger charge is -2.20. The first-order valence-electron chi connectivity index (χ1n) is 7.28. The molecule has 0 bridgehead atoms. The molecule has 0 rings (SSSR count). The van der Waals surface area contributed by atoms with E-state index in [2.05, 4.69) is 6.92 Å². The van der Waals surface area contributed by atoms with Crippen molar-refractivity contribution in [3.05, 3.63) is 0 Å². The third kappa shape index (κ3) is 13.6. The van der Waals surface area contributed by atoms with Gasteiger partial charge in [-0.2, -0.15) is 0 Å². The Morgan fingerprint density at radius 1 is 1.00 bits per heavy atom. The highest BCUT2D eigenvalue weighted by Gasteiger charge is 2.23. The smallest absolute Gasteiger partial charge is 0.138 e. The molecule has 0 radical (unpaired) electrons. The molecule has 0 aromatic heterocycles. The Labute approximate surface area is 109 Å². The third-order valence-corrected chi connectivity index (χ3v) is 2.75. The highest BCUT2D eigenvalue weighted by molar-refractivity contribution is 5.83. The fraction of sp³-hybridized carbons (Fsp3) is 0.933. The van der Waals surface area contributed by atoms with Crippen molar-refractivity contribution in [3.8, 4) is 0 Å². The van der Waals surface area contributed by atoms with E-state index in [1.165, 1.54) is 0 Å². The largest absolute Gasteiger partial charge is 0.330 e. The molecule has 0 aromatic carbocycles. The highest BCUT2D eigenvalue weighted by atomic mass is 16.1. The third-order valence-electron chi connectivity index (χ3n) is 2.75. The van der Waals surface area contributed by atoms with Gasteiger partial charge in [0, 0.05) is 11.8 Å². The van der Waals surface area contributed by atoms with Gasteiger partial charge in [-0.05, 0) is 25.8 Å². The fourth-order valence-electron chi connectivity index (χ4n) is 1.14. The van der Waals surface area contributed by atoms with Gasteiger partial charge in [0.15, 0.2) is 0 Å². The van der Waals surface area contributed by atoms with E-state index in [1.54, 1.807) is 0 Å². The van der Waals surface area contributed by atoms with Gasteiger partial charge in [0.2, 0.25) is 0 Å². The van der Waals surface area contributed by atoms with E-state index < -0.39 is 0 Å². The first-order chi connectivity index (χ1) is 8.04. The molecule has 0 amide bonds. The molecule has 0 aliphatic heterocycles. The lowest BCUT2D eigenvalue weighted by Crippen LogP contribution is -2.22. The van der Waals surface area contributed by atoms with Gasteiger partial charge in [0.25, 0.3) is 0 Å². The molecule has 0 atom stereocenters. The van der Waals surface area contributed by atoms with Crippen LogP contribution in [0.3, 0.4) is 0 Å². The quantitative estimate of drug-likeness (QED) is 0.668. The van der Waals surface area contributed by atoms with Gasteiger partial charge in [-0.3, -0.25) is 4.79 Å². The van der Waals surface area contributed by atoms with E-state index in [0.717, 1.165) is 38.6 Å². The molecule has 0 heterocycles. The maximum atomic E-state index is 11.6. The molecule has 2 heteroatoms. The molecule has 17 heavy (non-hydrogen) atoms. The van der Waals surface area contributed by atoms with Crippen LogP contribution in [0.1, 0.15) is 80.6 Å². The normalized spacial score (nSPS) is 9.65. The van der Waals surface area contributed by atoms with Crippen molar-refractivity contribution >= 4 is 5.78 Å². The number of rotatable bonds is 7. The molecule has 0 spiro atoms. The summed E-state index contributed by atoms with van der Waals surface area (Å²) in [7, 11) is 0. The van der Waals surface area contributed by atoms with Gasteiger partial charge >= 0.3 is 0 Å². The average molecular weight is 245 g/mol. The van der Waals surface area contributed by atoms with Crippen molar-refractivity contribution in [3.63, 3.8) is 0 Å². The van der Waals surface area contributed by atoms with Crippen molar-refractivity contribution in [1.82, 2.24) is 0 Å². The maximum Gasteiger partial charge on any atom is 0.138 e. The molecule has 2 N–H and O–H groups in total. The molecular weight excluding hydrogens is 210 g/mol. The first-order valence-corrected chi connectivity index (χ1v) is 7.28. The first kappa shape index (κ1) is 21.9. The van der Waals surface area contributed by atoms with E-state index >= 15 is 0 Å². The lowest BCUT2D eigenvalue weighted by molar-refractivity contribution is -0.127. The predicted octanol–water partition coefficient (Wildman–Crippen LogP) is 4.56. The predicted molar refractivity (Wildman–Crippen MR) is 79.3 cm³/mol. The Morgan fingerprint density at radius 2 is 1.47 bits per heavy atom. The number of ketones is 1. The summed E-state index contributed by atoms with van der Waals surface area (Å²) in [6.07, 6.45) is 4.78. The number of hydrogen-bond acceptors (Lipinski definition) is 2. The van der Waals surface area contributed by atoms with Crippen LogP contribution in [0.2, 0.25) is 0 Å². The Kier molecular flexibility index (Phi) is 20.1. The van der Waals surface area contributed by atoms with E-state index in [-0.39, 0.29) is 5.41 Å². The van der Waals surface area contributed by atoms with Crippen LogP contribution in [0.25, 0.3) is 0 Å². The van der Waals surface area contributed by atoms with Crippen molar-refractivity contribution in [1.29, 1.82) is 0 Å². The Morgan fingerprint density at radius 3 is 1.82 bits per heavy atom. The van der Waals surface area contributed by atoms with Gasteiger partial charge in [0.1, 0.15) is 5.78 Å². The summed E-state index contributed by atoms with van der Waals surface area (Å²) < 4.78 is 0. The van der Waals surface area contributed by atoms with Crippen LogP contribution in [-0.2, 0) is 4.79 Å². The molecule has 0 aliphatic carbocycles. The second-order valence-corrected chi connectivity index (χ2v) is 4.26. The van der Waals surface area contributed by atoms with Gasteiger partial charge in [-0.15, -0.1) is 0 Å². The topological polar surface area (TPSA) is 43.1 Å². The average Bonchev–Trinajstić information content (AvgIpc) is 2.39. The standard InChI is InChI=1S/C11H23NO.2C2H6/c1-4-11(2,3)10(13)8-6-5-7-9-12;2*1-2/h4-9,12H2,1-3H3;2*1-2H3. The molecule has 0 aromatic rings. The van der Waals surface area contributed by atoms with Crippen molar-refractivity contribution in [2.45, 2.75) is 80.6 Å². The maximum absolute atomic E-state index is 11.6. The SMILES string of the molecule is CC.CC.CCC(C)(C)C(=O)CCCCCN. The second kappa shape index (κ2) is 15.6. The van der Waals surface area contributed by atoms with Crippen LogP contribution in [0.15, 0.2) is 0 Å². The number of hydrogen-bond donors (Lipinski definition) is 1. The summed E-state index contributed by atoms with van der Waals surface area (Å²) in [6.45, 7) is 14.9. The van der Waals surface area contributed by atoms with E-state index in [4.69, 9.17) is 5.73 Å². The summed E-state index contributed by atoms with van der Waals surface area (Å²) in [5, 5.41) is 0. The summed E-state index contributed by atoms with van der Waals surface area (Å²) in [4.78, 5) is 11.6. The molecule has 0 fully saturated rings. The minimum absolute atomic E-state index is 0.122. The number of carbonyl (C=O) groups excluding carboxylic acids is 1. The molecule has 2 nitrogen and oxygen atoms in total. The van der Waals surface area contributed by atoms with E-state index in [0.29, 0.717) is 5.78 Å². The zero-order valence-electron chi connectivity index (χ0n) is 13.2. The van der Waals surface area contributed by atoms with Crippen LogP contribution in [0.5, 0.6) is 0 Å². The second-order valence-electron chi connectivity index (χ2n) is 4.26. The Hall–Kier alpha value is -0.370. The minimum atomic E-state index is -0.122. The van der Waals surface area contributed by atoms with Gasteiger partial charge < -0.3 is 5.73 Å². The van der Waals surface area contributed by atoms with Gasteiger partial charge in [-0.25, -0.2) is 0 Å². The van der Waals surface area contributed by atoms with Crippen LogP contribution >= 0.6 is 0 Å². The van der Waals surface area contributed by atoms with E-state index in [1.807, 2.05) is 41.5 Å². The highest BCUT2D eigenvalue weighted by Crippen LogP contribution is 2.23. The van der Waals surface area contributed by atoms with Crippen LogP contribution in [-0.4, -0.2) is 12.3 Å². The summed E-state index contributed by atoms with van der Waals surface area (Å²) in [5.41, 5.74) is 5.25. The molecule has 0 saturated heterocycles. The fourth-order valence-corrected chi connectivity index (χ4v) is 1.14. The van der Waals surface area contributed by atoms with Crippen molar-refractivity contribution < 1.29 is 4.79 Å². The summed E-state index contributed by atoms with van der Waals surface area (Å²) in [5.74, 6) is 0.395. The van der Waals surface area contributed by atoms with Crippen LogP contribution < -0.4 is 5.73 Å². The molecular formula is C15H35NO. The van der Waals surface area contributed by atoms with Crippen LogP contribution in [0.4, 0.5) is 0 Å². The molecule has 0 aliphatic rings. The van der Waals surface area contributed by atoms with Crippen LogP contribution in [0, 0.1) is 5.41 Å². The summed E-state index contributed by atoms with van der Waals surface area (Å²) >= 11 is 0. The Balaban J connectivity index is -0.000000439. The number of unbranched alkanes of at least 4 members (excludes halogenated alkanes) is 2. The Bertz CT molecular complexity index is 153. The van der Waals surface area contributed by atoms with E-state index in [9.17, 15) is 4.79 Å². The monoisotopic (exact) mass is 245 g/mol. The summed E-state index contributed by atoms with van der Waals surface area (Å²) in [6, 6.07) is 0. The van der Waals surface area contributed by atoms with Crippen molar-refractivity contribution in [2.75, 3.05) is 6.54 Å². The van der Waals surface area contributed by atoms with Crippen molar-refractivity contribution in [2.24, 2.45) is 11.1 Å². The molecule has 106 valence electrons. The lowest BCUT2D eigenvalue weighted by atomic mass is 9.83.